The van der Waals surface area contributed by atoms with Crippen LogP contribution in [0.4, 0.5) is 0 Å². The summed E-state index contributed by atoms with van der Waals surface area (Å²) in [5, 5.41) is 9.57. The Hall–Kier alpha value is 0.0249. The normalized spacial score (nSPS) is 13.3. The van der Waals surface area contributed by atoms with E-state index in [1.807, 2.05) is 13.8 Å². The van der Waals surface area contributed by atoms with Crippen molar-refractivity contribution < 1.29 is 5.11 Å². The van der Waals surface area contributed by atoms with Crippen molar-refractivity contribution in [2.75, 3.05) is 0 Å². The van der Waals surface area contributed by atoms with Crippen LogP contribution in [0.25, 0.3) is 0 Å². The van der Waals surface area contributed by atoms with E-state index in [2.05, 4.69) is 28.0 Å². The third-order valence-electron chi connectivity index (χ3n) is 1.67. The van der Waals surface area contributed by atoms with E-state index in [1.165, 1.54) is 0 Å². The van der Waals surface area contributed by atoms with Gasteiger partial charge in [-0.25, -0.2) is 0 Å². The lowest BCUT2D eigenvalue weighted by molar-refractivity contribution is 0.0371. The fraction of sp³-hybridized carbons (Fsp3) is 1.00. The molecule has 1 N–H and O–H groups in total. The third-order valence-corrected chi connectivity index (χ3v) is 1.67. The minimum absolute atomic E-state index is 0.229. The molecule has 2 heteroatoms. The summed E-state index contributed by atoms with van der Waals surface area (Å²) in [5.41, 5.74) is -0.306. The highest BCUT2D eigenvalue weighted by atomic mass is 16.3. The molecule has 0 unspecified atom stereocenters. The van der Waals surface area contributed by atoms with E-state index in [1.54, 1.807) is 0 Å². The Morgan fingerprint density at radius 1 is 1.18 bits per heavy atom. The molecular formula is C9H20BO. The number of rotatable bonds is 4. The monoisotopic (exact) mass is 155 g/mol. The van der Waals surface area contributed by atoms with Gasteiger partial charge in [-0.15, -0.1) is 0 Å². The van der Waals surface area contributed by atoms with Crippen molar-refractivity contribution in [1.29, 1.82) is 0 Å². The van der Waals surface area contributed by atoms with Gasteiger partial charge < -0.3 is 5.11 Å². The molecule has 0 spiro atoms. The van der Waals surface area contributed by atoms with Crippen molar-refractivity contribution in [3.63, 3.8) is 0 Å². The van der Waals surface area contributed by atoms with E-state index in [4.69, 9.17) is 0 Å². The molecule has 0 aromatic heterocycles. The highest BCUT2D eigenvalue weighted by molar-refractivity contribution is 6.33. The Balaban J connectivity index is 3.91. The Morgan fingerprint density at radius 3 is 1.91 bits per heavy atom. The molecule has 0 fully saturated rings. The Kier molecular flexibility index (Phi) is 3.63. The molecular weight excluding hydrogens is 135 g/mol. The Morgan fingerprint density at radius 2 is 1.64 bits per heavy atom. The first kappa shape index (κ1) is 11.0. The molecule has 0 saturated carbocycles. The van der Waals surface area contributed by atoms with Crippen LogP contribution < -0.4 is 0 Å². The fourth-order valence-corrected chi connectivity index (χ4v) is 1.80. The van der Waals surface area contributed by atoms with Gasteiger partial charge in [-0.1, -0.05) is 27.0 Å². The van der Waals surface area contributed by atoms with Gasteiger partial charge in [0, 0.05) is 0 Å². The Labute approximate surface area is 71.4 Å². The lowest BCUT2D eigenvalue weighted by atomic mass is 9.63. The fourth-order valence-electron chi connectivity index (χ4n) is 1.80. The summed E-state index contributed by atoms with van der Waals surface area (Å²) in [6.07, 6.45) is 1.92. The van der Waals surface area contributed by atoms with Crippen LogP contribution in [0.1, 0.15) is 34.1 Å². The maximum absolute atomic E-state index is 9.57. The summed E-state index contributed by atoms with van der Waals surface area (Å²) in [6.45, 7) is 10.2. The molecule has 1 nitrogen and oxygen atoms in total. The van der Waals surface area contributed by atoms with E-state index in [0.29, 0.717) is 0 Å². The minimum atomic E-state index is -0.535. The van der Waals surface area contributed by atoms with Crippen molar-refractivity contribution >= 4 is 7.28 Å². The molecule has 0 bridgehead atoms. The van der Waals surface area contributed by atoms with Gasteiger partial charge in [-0.3, -0.25) is 0 Å². The summed E-state index contributed by atoms with van der Waals surface area (Å²) in [6, 6.07) is 0. The summed E-state index contributed by atoms with van der Waals surface area (Å²) < 4.78 is 0. The molecule has 0 rings (SSSR count). The van der Waals surface area contributed by atoms with E-state index in [0.717, 1.165) is 12.7 Å². The summed E-state index contributed by atoms with van der Waals surface area (Å²) in [7, 11) is 2.16. The van der Waals surface area contributed by atoms with Gasteiger partial charge in [0.1, 0.15) is 7.28 Å². The summed E-state index contributed by atoms with van der Waals surface area (Å²) in [5.74, 6) is 0. The lowest BCUT2D eigenvalue weighted by Crippen LogP contribution is -2.28. The molecule has 0 aliphatic rings. The van der Waals surface area contributed by atoms with Gasteiger partial charge in [-0.05, 0) is 25.7 Å². The van der Waals surface area contributed by atoms with E-state index in [9.17, 15) is 5.11 Å². The molecule has 0 aromatic carbocycles. The molecule has 0 saturated heterocycles. The van der Waals surface area contributed by atoms with Crippen LogP contribution in [0, 0.1) is 5.41 Å². The predicted molar refractivity (Wildman–Crippen MR) is 51.1 cm³/mol. The molecule has 0 aromatic rings. The maximum atomic E-state index is 9.57. The Bertz CT molecular complexity index is 113. The standard InChI is InChI=1S/C9H20BO/c1-8(2,7-10-5)6-9(3,4)11/h11H,6-7H2,1-5H3. The van der Waals surface area contributed by atoms with Crippen molar-refractivity contribution in [3.05, 3.63) is 0 Å². The zero-order chi connectivity index (χ0) is 9.12. The van der Waals surface area contributed by atoms with Crippen LogP contribution in [0.3, 0.4) is 0 Å². The minimum Gasteiger partial charge on any atom is -0.390 e. The van der Waals surface area contributed by atoms with Crippen LogP contribution in [0.15, 0.2) is 0 Å². The number of hydrogen-bond donors (Lipinski definition) is 1. The van der Waals surface area contributed by atoms with Crippen molar-refractivity contribution in [1.82, 2.24) is 0 Å². The van der Waals surface area contributed by atoms with Crippen LogP contribution >= 0.6 is 0 Å². The van der Waals surface area contributed by atoms with E-state index in [-0.39, 0.29) is 5.41 Å². The molecule has 65 valence electrons. The smallest absolute Gasteiger partial charge is 0.106 e. The molecule has 0 atom stereocenters. The second-order valence-electron chi connectivity index (χ2n) is 4.77. The molecule has 0 amide bonds. The average molecular weight is 155 g/mol. The SMILES string of the molecule is C[B]CC(C)(C)CC(C)(C)O. The number of aliphatic hydroxyl groups is 1. The van der Waals surface area contributed by atoms with E-state index < -0.39 is 5.60 Å². The van der Waals surface area contributed by atoms with Gasteiger partial charge in [0.2, 0.25) is 0 Å². The zero-order valence-electron chi connectivity index (χ0n) is 8.44. The molecule has 0 aliphatic carbocycles. The quantitative estimate of drug-likeness (QED) is 0.617. The van der Waals surface area contributed by atoms with Crippen LogP contribution in [-0.2, 0) is 0 Å². The maximum Gasteiger partial charge on any atom is 0.106 e. The lowest BCUT2D eigenvalue weighted by Gasteiger charge is -2.31. The second-order valence-corrected chi connectivity index (χ2v) is 4.77. The average Bonchev–Trinajstić information content (AvgIpc) is 1.55. The highest BCUT2D eigenvalue weighted by Crippen LogP contribution is 2.31. The molecule has 0 aliphatic heterocycles. The van der Waals surface area contributed by atoms with Crippen LogP contribution in [-0.4, -0.2) is 18.0 Å². The van der Waals surface area contributed by atoms with E-state index >= 15 is 0 Å². The zero-order valence-corrected chi connectivity index (χ0v) is 8.44. The van der Waals surface area contributed by atoms with Crippen LogP contribution in [0.2, 0.25) is 13.1 Å². The van der Waals surface area contributed by atoms with Gasteiger partial charge in [0.15, 0.2) is 0 Å². The first-order valence-corrected chi connectivity index (χ1v) is 4.27. The third kappa shape index (κ3) is 6.42. The second kappa shape index (κ2) is 3.62. The van der Waals surface area contributed by atoms with Crippen molar-refractivity contribution in [3.8, 4) is 0 Å². The molecule has 11 heavy (non-hydrogen) atoms. The van der Waals surface area contributed by atoms with Gasteiger partial charge in [-0.2, -0.15) is 0 Å². The predicted octanol–water partition coefficient (Wildman–Crippen LogP) is 2.34. The number of hydrogen-bond acceptors (Lipinski definition) is 1. The van der Waals surface area contributed by atoms with Crippen molar-refractivity contribution in [2.24, 2.45) is 5.41 Å². The first-order chi connectivity index (χ1) is 4.77. The first-order valence-electron chi connectivity index (χ1n) is 4.27. The summed E-state index contributed by atoms with van der Waals surface area (Å²) >= 11 is 0. The van der Waals surface area contributed by atoms with Gasteiger partial charge in [0.05, 0.1) is 5.60 Å². The van der Waals surface area contributed by atoms with Gasteiger partial charge in [0.25, 0.3) is 0 Å². The van der Waals surface area contributed by atoms with Crippen molar-refractivity contribution in [2.45, 2.75) is 52.9 Å². The topological polar surface area (TPSA) is 20.2 Å². The largest absolute Gasteiger partial charge is 0.390 e. The summed E-state index contributed by atoms with van der Waals surface area (Å²) in [4.78, 5) is 0. The highest BCUT2D eigenvalue weighted by Gasteiger charge is 2.25. The van der Waals surface area contributed by atoms with Gasteiger partial charge >= 0.3 is 0 Å². The molecule has 0 heterocycles. The molecule has 1 radical (unpaired) electrons. The van der Waals surface area contributed by atoms with Crippen LogP contribution in [0.5, 0.6) is 0 Å².